The maximum absolute atomic E-state index is 14.4. The number of pyridine rings is 1. The van der Waals surface area contributed by atoms with Gasteiger partial charge in [-0.2, -0.15) is 0 Å². The minimum Gasteiger partial charge on any atom is -0.399 e. The van der Waals surface area contributed by atoms with Crippen molar-refractivity contribution in [2.24, 2.45) is 22.9 Å². The monoisotopic (exact) mass is 426 g/mol. The van der Waals surface area contributed by atoms with Crippen molar-refractivity contribution in [2.75, 3.05) is 0 Å². The number of halogens is 2. The number of aromatic nitrogens is 1. The molecule has 0 saturated carbocycles. The highest BCUT2D eigenvalue weighted by molar-refractivity contribution is 6.30. The highest BCUT2D eigenvalue weighted by Crippen LogP contribution is 2.36. The van der Waals surface area contributed by atoms with E-state index in [-0.39, 0.29) is 0 Å². The summed E-state index contributed by atoms with van der Waals surface area (Å²) in [6, 6.07) is 12.9. The molecule has 9 N–H and O–H groups in total. The molecule has 0 radical (unpaired) electrons. The van der Waals surface area contributed by atoms with E-state index in [1.54, 1.807) is 30.6 Å². The standard InChI is InChI=1S/C20H16ClFN4.CH4N2O/c21-12-5-6-16(22)14(9-12)18-10-15(13-3-1-2-4-17(13)26-18)20(24)7-8-25-11-19(20)23;2-1(3)4/h1-11,25H,23-24H2;(H4,2,3,4). The lowest BCUT2D eigenvalue weighted by molar-refractivity contribution is 0.256. The summed E-state index contributed by atoms with van der Waals surface area (Å²) in [6.45, 7) is 0. The molecule has 1 aliphatic rings. The van der Waals surface area contributed by atoms with Gasteiger partial charge in [0.1, 0.15) is 11.4 Å². The van der Waals surface area contributed by atoms with Crippen molar-refractivity contribution in [3.63, 3.8) is 0 Å². The molecule has 1 unspecified atom stereocenters. The zero-order chi connectivity index (χ0) is 21.9. The Hall–Kier alpha value is -3.62. The number of nitrogens with two attached hydrogens (primary N) is 4. The van der Waals surface area contributed by atoms with Gasteiger partial charge in [-0.1, -0.05) is 29.8 Å². The second-order valence-corrected chi connectivity index (χ2v) is 7.00. The number of nitrogens with zero attached hydrogens (tertiary/aromatic N) is 1. The average molecular weight is 427 g/mol. The van der Waals surface area contributed by atoms with Crippen molar-refractivity contribution < 1.29 is 9.18 Å². The van der Waals surface area contributed by atoms with Crippen LogP contribution in [0.4, 0.5) is 9.18 Å². The third-order valence-electron chi connectivity index (χ3n) is 4.53. The minimum atomic E-state index is -1.03. The van der Waals surface area contributed by atoms with Crippen molar-refractivity contribution in [1.82, 2.24) is 10.3 Å². The van der Waals surface area contributed by atoms with Crippen LogP contribution in [0.2, 0.25) is 5.02 Å². The zero-order valence-electron chi connectivity index (χ0n) is 15.8. The van der Waals surface area contributed by atoms with Crippen LogP contribution in [0, 0.1) is 5.82 Å². The van der Waals surface area contributed by atoms with Crippen molar-refractivity contribution in [3.05, 3.63) is 89.1 Å². The lowest BCUT2D eigenvalue weighted by Crippen LogP contribution is -2.43. The first kappa shape index (κ1) is 21.1. The first-order valence-electron chi connectivity index (χ1n) is 8.81. The summed E-state index contributed by atoms with van der Waals surface area (Å²) in [5.41, 5.74) is 22.9. The summed E-state index contributed by atoms with van der Waals surface area (Å²) in [6.07, 6.45) is 5.16. The summed E-state index contributed by atoms with van der Waals surface area (Å²) < 4.78 is 14.4. The number of dihydropyridines is 1. The van der Waals surface area contributed by atoms with Crippen LogP contribution >= 0.6 is 11.6 Å². The predicted molar refractivity (Wildman–Crippen MR) is 116 cm³/mol. The summed E-state index contributed by atoms with van der Waals surface area (Å²) in [5.74, 6) is -0.404. The number of carbonyl (C=O) groups excluding carboxylic acids is 1. The van der Waals surface area contributed by atoms with E-state index >= 15 is 0 Å². The van der Waals surface area contributed by atoms with E-state index in [1.165, 1.54) is 12.1 Å². The van der Waals surface area contributed by atoms with Crippen LogP contribution in [0.3, 0.4) is 0 Å². The van der Waals surface area contributed by atoms with Crippen molar-refractivity contribution in [2.45, 2.75) is 5.54 Å². The summed E-state index contributed by atoms with van der Waals surface area (Å²) in [7, 11) is 0. The fraction of sp³-hybridized carbons (Fsp3) is 0.0476. The number of nitrogens with one attached hydrogen (secondary N) is 1. The van der Waals surface area contributed by atoms with Crippen molar-refractivity contribution in [1.29, 1.82) is 0 Å². The molecule has 1 atom stereocenters. The minimum absolute atomic E-state index is 0.313. The van der Waals surface area contributed by atoms with E-state index in [9.17, 15) is 4.39 Å². The number of hydrogen-bond donors (Lipinski definition) is 5. The molecule has 30 heavy (non-hydrogen) atoms. The van der Waals surface area contributed by atoms with E-state index in [4.69, 9.17) is 27.9 Å². The normalized spacial score (nSPS) is 17.5. The number of amides is 2. The van der Waals surface area contributed by atoms with E-state index in [1.807, 2.05) is 24.3 Å². The Morgan fingerprint density at radius 2 is 1.83 bits per heavy atom. The van der Waals surface area contributed by atoms with Gasteiger partial charge >= 0.3 is 6.03 Å². The Morgan fingerprint density at radius 1 is 1.13 bits per heavy atom. The topological polar surface area (TPSA) is 146 Å². The molecule has 4 rings (SSSR count). The second kappa shape index (κ2) is 8.40. The van der Waals surface area contributed by atoms with E-state index in [0.29, 0.717) is 27.5 Å². The van der Waals surface area contributed by atoms with Crippen LogP contribution in [-0.2, 0) is 5.54 Å². The van der Waals surface area contributed by atoms with Gasteiger partial charge in [-0.15, -0.1) is 0 Å². The molecule has 0 aliphatic carbocycles. The predicted octanol–water partition coefficient (Wildman–Crippen LogP) is 2.79. The maximum Gasteiger partial charge on any atom is 0.309 e. The van der Waals surface area contributed by atoms with Gasteiger partial charge in [-0.25, -0.2) is 14.2 Å². The SMILES string of the molecule is NC(N)=O.NC1=CNC=CC1(N)c1cc(-c2cc(Cl)ccc2F)nc2ccccc12. The Balaban J connectivity index is 0.000000589. The van der Waals surface area contributed by atoms with Gasteiger partial charge in [-0.3, -0.25) is 0 Å². The fourth-order valence-corrected chi connectivity index (χ4v) is 3.30. The zero-order valence-corrected chi connectivity index (χ0v) is 16.5. The number of rotatable bonds is 2. The Bertz CT molecular complexity index is 1180. The summed E-state index contributed by atoms with van der Waals surface area (Å²) in [5, 5.41) is 4.21. The van der Waals surface area contributed by atoms with E-state index in [0.717, 1.165) is 10.9 Å². The Kier molecular flexibility index (Phi) is 5.91. The summed E-state index contributed by atoms with van der Waals surface area (Å²) in [4.78, 5) is 13.6. The molecule has 2 heterocycles. The highest BCUT2D eigenvalue weighted by atomic mass is 35.5. The molecule has 0 bridgehead atoms. The third kappa shape index (κ3) is 4.19. The quantitative estimate of drug-likeness (QED) is 0.427. The Labute approximate surface area is 177 Å². The molecule has 9 heteroatoms. The maximum atomic E-state index is 14.4. The lowest BCUT2D eigenvalue weighted by atomic mass is 9.84. The summed E-state index contributed by atoms with van der Waals surface area (Å²) >= 11 is 6.06. The van der Waals surface area contributed by atoms with Crippen molar-refractivity contribution >= 4 is 28.5 Å². The fourth-order valence-electron chi connectivity index (χ4n) is 3.13. The number of primary amides is 2. The van der Waals surface area contributed by atoms with Crippen LogP contribution < -0.4 is 28.3 Å². The molecule has 154 valence electrons. The second-order valence-electron chi connectivity index (χ2n) is 6.57. The van der Waals surface area contributed by atoms with Crippen LogP contribution in [0.15, 0.2) is 72.7 Å². The molecule has 0 fully saturated rings. The van der Waals surface area contributed by atoms with Crippen LogP contribution in [0.5, 0.6) is 0 Å². The van der Waals surface area contributed by atoms with Gasteiger partial charge in [-0.05, 0) is 48.2 Å². The van der Waals surface area contributed by atoms with Gasteiger partial charge in [0.25, 0.3) is 0 Å². The van der Waals surface area contributed by atoms with Gasteiger partial charge in [0, 0.05) is 22.2 Å². The molecule has 2 aromatic carbocycles. The van der Waals surface area contributed by atoms with Crippen LogP contribution in [0.1, 0.15) is 5.56 Å². The number of carbonyl (C=O) groups is 1. The van der Waals surface area contributed by atoms with Gasteiger partial charge in [0.2, 0.25) is 0 Å². The molecular weight excluding hydrogens is 407 g/mol. The Morgan fingerprint density at radius 3 is 2.53 bits per heavy atom. The van der Waals surface area contributed by atoms with Crippen LogP contribution in [0.25, 0.3) is 22.2 Å². The van der Waals surface area contributed by atoms with Crippen LogP contribution in [-0.4, -0.2) is 11.0 Å². The van der Waals surface area contributed by atoms with Gasteiger partial charge in [0.05, 0.1) is 16.9 Å². The molecule has 3 aromatic rings. The molecule has 0 saturated heterocycles. The third-order valence-corrected chi connectivity index (χ3v) is 4.76. The van der Waals surface area contributed by atoms with E-state index in [2.05, 4.69) is 21.8 Å². The number of para-hydroxylation sites is 1. The number of fused-ring (bicyclic) bond motifs is 1. The molecule has 2 amide bonds. The highest BCUT2D eigenvalue weighted by Gasteiger charge is 2.32. The molecule has 1 aliphatic heterocycles. The first-order valence-corrected chi connectivity index (χ1v) is 9.19. The van der Waals surface area contributed by atoms with Crippen molar-refractivity contribution in [3.8, 4) is 11.3 Å². The average Bonchev–Trinajstić information content (AvgIpc) is 2.71. The van der Waals surface area contributed by atoms with Gasteiger partial charge < -0.3 is 28.3 Å². The molecular formula is C21H20ClFN6O. The smallest absolute Gasteiger partial charge is 0.309 e. The first-order chi connectivity index (χ1) is 14.2. The number of benzene rings is 2. The molecule has 7 nitrogen and oxygen atoms in total. The molecule has 0 spiro atoms. The number of hydrogen-bond acceptors (Lipinski definition) is 5. The molecule has 1 aromatic heterocycles. The lowest BCUT2D eigenvalue weighted by Gasteiger charge is -2.31. The van der Waals surface area contributed by atoms with Gasteiger partial charge in [0.15, 0.2) is 0 Å². The largest absolute Gasteiger partial charge is 0.399 e. The number of urea groups is 1. The van der Waals surface area contributed by atoms with E-state index < -0.39 is 17.4 Å².